The van der Waals surface area contributed by atoms with E-state index in [1.165, 1.54) is 36.4 Å². The molecule has 0 radical (unpaired) electrons. The molecule has 1 saturated heterocycles. The van der Waals surface area contributed by atoms with Crippen molar-refractivity contribution in [3.8, 4) is 16.9 Å². The molecule has 5 nitrogen and oxygen atoms in total. The van der Waals surface area contributed by atoms with Crippen LogP contribution in [0.1, 0.15) is 18.9 Å². The molecule has 0 amide bonds. The van der Waals surface area contributed by atoms with Crippen LogP contribution >= 0.6 is 34.5 Å². The number of hydrogen-bond acceptors (Lipinski definition) is 5. The summed E-state index contributed by atoms with van der Waals surface area (Å²) in [6.07, 6.45) is -3.86. The molecule has 2 heterocycles. The largest absolute Gasteiger partial charge is 0.485 e. The van der Waals surface area contributed by atoms with Crippen LogP contribution in [0.2, 0.25) is 9.36 Å². The summed E-state index contributed by atoms with van der Waals surface area (Å²) >= 11 is 13.1. The van der Waals surface area contributed by atoms with Crippen molar-refractivity contribution >= 4 is 50.2 Å². The summed E-state index contributed by atoms with van der Waals surface area (Å²) < 4.78 is 74.5. The van der Waals surface area contributed by atoms with Crippen molar-refractivity contribution in [1.82, 2.24) is 5.32 Å². The Kier molecular flexibility index (Phi) is 6.82. The van der Waals surface area contributed by atoms with E-state index in [0.29, 0.717) is 28.7 Å². The van der Waals surface area contributed by atoms with Gasteiger partial charge in [0.1, 0.15) is 19.9 Å². The molecular weight excluding hydrogens is 532 g/mol. The first-order chi connectivity index (χ1) is 15.9. The van der Waals surface area contributed by atoms with Crippen molar-refractivity contribution in [2.75, 3.05) is 17.8 Å². The summed E-state index contributed by atoms with van der Waals surface area (Å²) in [7, 11) is -4.15. The van der Waals surface area contributed by atoms with Crippen molar-refractivity contribution in [2.24, 2.45) is 0 Å². The molecule has 1 aromatic heterocycles. The van der Waals surface area contributed by atoms with Crippen molar-refractivity contribution in [1.29, 1.82) is 0 Å². The number of anilines is 1. The normalized spacial score (nSPS) is 18.8. The van der Waals surface area contributed by atoms with Gasteiger partial charge in [0.15, 0.2) is 0 Å². The van der Waals surface area contributed by atoms with E-state index in [1.807, 2.05) is 6.92 Å². The van der Waals surface area contributed by atoms with Gasteiger partial charge in [-0.25, -0.2) is 8.42 Å². The molecule has 1 aliphatic rings. The molecule has 0 saturated carbocycles. The van der Waals surface area contributed by atoms with Gasteiger partial charge >= 0.3 is 6.18 Å². The van der Waals surface area contributed by atoms with E-state index in [2.05, 4.69) is 10.0 Å². The van der Waals surface area contributed by atoms with Crippen LogP contribution in [0.25, 0.3) is 11.1 Å². The molecule has 0 aliphatic carbocycles. The lowest BCUT2D eigenvalue weighted by Crippen LogP contribution is -2.34. The maximum atomic E-state index is 13.4. The summed E-state index contributed by atoms with van der Waals surface area (Å²) in [6.45, 7) is 3.34. The summed E-state index contributed by atoms with van der Waals surface area (Å²) in [5.41, 5.74) is -1.40. The Morgan fingerprint density at radius 3 is 2.53 bits per heavy atom. The molecule has 0 unspecified atom stereocenters. The first-order valence-electron chi connectivity index (χ1n) is 10.1. The number of alkyl halides is 3. The molecule has 12 heteroatoms. The Morgan fingerprint density at radius 1 is 1.12 bits per heavy atom. The summed E-state index contributed by atoms with van der Waals surface area (Å²) in [4.78, 5) is 0. The monoisotopic (exact) mass is 550 g/mol. The number of benzene rings is 2. The maximum absolute atomic E-state index is 13.4. The van der Waals surface area contributed by atoms with Crippen molar-refractivity contribution < 1.29 is 26.3 Å². The van der Waals surface area contributed by atoms with E-state index < -0.39 is 27.4 Å². The number of sulfonamides is 1. The average Bonchev–Trinajstić information content (AvgIpc) is 3.36. The van der Waals surface area contributed by atoms with Gasteiger partial charge in [-0.15, -0.1) is 11.3 Å². The van der Waals surface area contributed by atoms with Crippen LogP contribution in [0.4, 0.5) is 18.9 Å². The van der Waals surface area contributed by atoms with Gasteiger partial charge in [0, 0.05) is 24.6 Å². The number of hydrogen-bond donors (Lipinski definition) is 2. The fraction of sp³-hybridized carbons (Fsp3) is 0.273. The lowest BCUT2D eigenvalue weighted by atomic mass is 10.0. The van der Waals surface area contributed by atoms with E-state index in [1.54, 1.807) is 0 Å². The minimum atomic E-state index is -4.62. The zero-order chi connectivity index (χ0) is 24.7. The van der Waals surface area contributed by atoms with Gasteiger partial charge in [0.25, 0.3) is 10.0 Å². The molecule has 3 aromatic rings. The molecule has 1 atom stereocenters. The van der Waals surface area contributed by atoms with E-state index >= 15 is 0 Å². The number of nitrogens with one attached hydrogen (secondary N) is 2. The van der Waals surface area contributed by atoms with Gasteiger partial charge in [0.05, 0.1) is 16.3 Å². The molecule has 34 heavy (non-hydrogen) atoms. The second kappa shape index (κ2) is 9.23. The summed E-state index contributed by atoms with van der Waals surface area (Å²) in [5, 5.41) is 3.52. The Labute approximate surface area is 208 Å². The Hall–Kier alpha value is -1.98. The molecular formula is C22H19Cl2F3N2O3S2. The van der Waals surface area contributed by atoms with Gasteiger partial charge in [0.2, 0.25) is 0 Å². The van der Waals surface area contributed by atoms with Crippen molar-refractivity contribution in [2.45, 2.75) is 29.3 Å². The smallest absolute Gasteiger partial charge is 0.417 e. The fourth-order valence-corrected chi connectivity index (χ4v) is 6.58. The lowest BCUT2D eigenvalue weighted by molar-refractivity contribution is -0.137. The first-order valence-corrected chi connectivity index (χ1v) is 13.1. The first kappa shape index (κ1) is 25.1. The average molecular weight is 551 g/mol. The highest BCUT2D eigenvalue weighted by molar-refractivity contribution is 7.94. The van der Waals surface area contributed by atoms with Crippen molar-refractivity contribution in [3.05, 3.63) is 63.5 Å². The molecule has 182 valence electrons. The minimum Gasteiger partial charge on any atom is -0.485 e. The summed E-state index contributed by atoms with van der Waals surface area (Å²) in [5.74, 6) is 0.317. The number of thiophene rings is 1. The minimum absolute atomic E-state index is 0.0123. The predicted molar refractivity (Wildman–Crippen MR) is 129 cm³/mol. The maximum Gasteiger partial charge on any atom is 0.417 e. The van der Waals surface area contributed by atoms with Crippen LogP contribution < -0.4 is 14.8 Å². The van der Waals surface area contributed by atoms with Gasteiger partial charge in [-0.1, -0.05) is 41.4 Å². The van der Waals surface area contributed by atoms with E-state index in [0.717, 1.165) is 25.1 Å². The molecule has 1 aliphatic heterocycles. The fourth-order valence-electron chi connectivity index (χ4n) is 3.63. The predicted octanol–water partition coefficient (Wildman–Crippen LogP) is 6.67. The van der Waals surface area contributed by atoms with E-state index in [-0.39, 0.29) is 25.4 Å². The van der Waals surface area contributed by atoms with Crippen LogP contribution in [-0.4, -0.2) is 27.1 Å². The number of halogens is 5. The highest BCUT2D eigenvalue weighted by atomic mass is 35.5. The van der Waals surface area contributed by atoms with Crippen LogP contribution in [0.5, 0.6) is 5.75 Å². The topological polar surface area (TPSA) is 67.4 Å². The van der Waals surface area contributed by atoms with Crippen molar-refractivity contribution in [3.63, 3.8) is 0 Å². The zero-order valence-corrected chi connectivity index (χ0v) is 20.8. The molecule has 4 rings (SSSR count). The van der Waals surface area contributed by atoms with Gasteiger partial charge in [-0.05, 0) is 43.3 Å². The molecule has 0 bridgehead atoms. The van der Waals surface area contributed by atoms with Crippen LogP contribution in [-0.2, 0) is 16.2 Å². The van der Waals surface area contributed by atoms with Crippen LogP contribution in [0, 0.1) is 0 Å². The molecule has 1 fully saturated rings. The van der Waals surface area contributed by atoms with Crippen LogP contribution in [0.3, 0.4) is 0 Å². The molecule has 2 aromatic carbocycles. The second-order valence-corrected chi connectivity index (χ2v) is 12.0. The van der Waals surface area contributed by atoms with Gasteiger partial charge in [-0.3, -0.25) is 4.72 Å². The van der Waals surface area contributed by atoms with E-state index in [4.69, 9.17) is 27.9 Å². The quantitative estimate of drug-likeness (QED) is 0.359. The third-order valence-electron chi connectivity index (χ3n) is 5.32. The number of ether oxygens (including phenoxy) is 1. The Bertz CT molecular complexity index is 1320. The Morgan fingerprint density at radius 2 is 1.85 bits per heavy atom. The molecule has 2 N–H and O–H groups in total. The van der Waals surface area contributed by atoms with Gasteiger partial charge in [-0.2, -0.15) is 13.2 Å². The van der Waals surface area contributed by atoms with Crippen LogP contribution in [0.15, 0.2) is 52.7 Å². The number of rotatable bonds is 6. The van der Waals surface area contributed by atoms with Gasteiger partial charge < -0.3 is 10.1 Å². The molecule has 0 spiro atoms. The Balaban J connectivity index is 1.63. The highest BCUT2D eigenvalue weighted by Gasteiger charge is 2.35. The zero-order valence-electron chi connectivity index (χ0n) is 17.7. The standard InChI is InChI=1S/C22H19Cl2F3N2O3S2/c1-21(8-9-28-12-21)32-18-10-13(6-7-17(18)23)29-34(30,31)19-11-15(20(24)33-19)14-4-2-3-5-16(14)22(25,26)27/h2-7,10-11,28-29H,8-9,12H2,1H3/t21-/m1/s1. The summed E-state index contributed by atoms with van der Waals surface area (Å²) in [6, 6.07) is 10.4. The highest BCUT2D eigenvalue weighted by Crippen LogP contribution is 2.44. The van der Waals surface area contributed by atoms with E-state index in [9.17, 15) is 21.6 Å². The SMILES string of the molecule is C[C@@]1(Oc2cc(NS(=O)(=O)c3cc(-c4ccccc4C(F)(F)F)c(Cl)s3)ccc2Cl)CCNC1. The lowest BCUT2D eigenvalue weighted by Gasteiger charge is -2.25. The third-order valence-corrected chi connectivity index (χ3v) is 8.85. The second-order valence-electron chi connectivity index (χ2n) is 8.03. The third kappa shape index (κ3) is 5.31.